The number of pyridine rings is 1. The molecule has 0 radical (unpaired) electrons. The summed E-state index contributed by atoms with van der Waals surface area (Å²) in [6, 6.07) is 2.71. The maximum absolute atomic E-state index is 12.9. The molecule has 5 nitrogen and oxygen atoms in total. The predicted octanol–water partition coefficient (Wildman–Crippen LogP) is 3.84. The molecule has 2 bridgehead atoms. The summed E-state index contributed by atoms with van der Waals surface area (Å²) < 4.78 is 44.0. The van der Waals surface area contributed by atoms with Gasteiger partial charge in [-0.05, 0) is 57.6 Å². The lowest BCUT2D eigenvalue weighted by molar-refractivity contribution is -0.141. The summed E-state index contributed by atoms with van der Waals surface area (Å²) >= 11 is 0. The van der Waals surface area contributed by atoms with E-state index in [1.165, 1.54) is 6.20 Å². The Hall–Kier alpha value is -1.99. The molecular formula is C18H24F3N3O2. The lowest BCUT2D eigenvalue weighted by atomic mass is 9.92. The fourth-order valence-corrected chi connectivity index (χ4v) is 3.88. The van der Waals surface area contributed by atoms with Gasteiger partial charge in [0, 0.05) is 31.0 Å². The summed E-state index contributed by atoms with van der Waals surface area (Å²) in [6.07, 6.45) is -1.80. The van der Waals surface area contributed by atoms with E-state index in [4.69, 9.17) is 4.74 Å². The molecule has 1 aromatic rings. The van der Waals surface area contributed by atoms with Crippen molar-refractivity contribution in [2.75, 3.05) is 18.0 Å². The number of alkyl halides is 3. The Labute approximate surface area is 150 Å². The van der Waals surface area contributed by atoms with E-state index in [9.17, 15) is 18.0 Å². The number of nitrogens with zero attached hydrogens (tertiary/aromatic N) is 2. The molecular weight excluding hydrogens is 347 g/mol. The van der Waals surface area contributed by atoms with Gasteiger partial charge in [-0.3, -0.25) is 4.98 Å². The molecule has 1 aliphatic heterocycles. The molecule has 26 heavy (non-hydrogen) atoms. The number of halogens is 3. The van der Waals surface area contributed by atoms with Crippen LogP contribution in [0.1, 0.15) is 39.3 Å². The van der Waals surface area contributed by atoms with Crippen molar-refractivity contribution < 1.29 is 22.7 Å². The van der Waals surface area contributed by atoms with Crippen molar-refractivity contribution >= 4 is 11.8 Å². The number of hydrogen-bond acceptors (Lipinski definition) is 4. The number of piperidine rings is 1. The van der Waals surface area contributed by atoms with E-state index in [-0.39, 0.29) is 17.9 Å². The van der Waals surface area contributed by atoms with Crippen LogP contribution in [0.3, 0.4) is 0 Å². The Kier molecular flexibility index (Phi) is 4.79. The van der Waals surface area contributed by atoms with Crippen molar-refractivity contribution in [2.24, 2.45) is 11.8 Å². The second-order valence-electron chi connectivity index (χ2n) is 8.07. The third kappa shape index (κ3) is 4.22. The lowest BCUT2D eigenvalue weighted by Crippen LogP contribution is -2.53. The summed E-state index contributed by atoms with van der Waals surface area (Å²) in [6.45, 7) is 6.65. The highest BCUT2D eigenvalue weighted by Gasteiger charge is 2.43. The highest BCUT2D eigenvalue weighted by Crippen LogP contribution is 2.39. The van der Waals surface area contributed by atoms with Gasteiger partial charge < -0.3 is 15.0 Å². The maximum Gasteiger partial charge on any atom is 0.433 e. The van der Waals surface area contributed by atoms with Gasteiger partial charge in [0.15, 0.2) is 0 Å². The number of ether oxygens (including phenoxy) is 1. The quantitative estimate of drug-likeness (QED) is 0.858. The summed E-state index contributed by atoms with van der Waals surface area (Å²) in [5.74, 6) is 0.396. The SMILES string of the molecule is CC(C)(C)OC(=O)N[C@H]1[C@@H]2CC[C@H]1CN(c1ccnc(C(F)(F)F)c1)C2. The average Bonchev–Trinajstić information content (AvgIpc) is 2.75. The Bertz CT molecular complexity index is 658. The van der Waals surface area contributed by atoms with Gasteiger partial charge in [0.2, 0.25) is 0 Å². The molecule has 0 unspecified atom stereocenters. The summed E-state index contributed by atoms with van der Waals surface area (Å²) in [5, 5.41) is 2.96. The average molecular weight is 371 g/mol. The van der Waals surface area contributed by atoms with Crippen molar-refractivity contribution in [2.45, 2.75) is 51.4 Å². The second-order valence-corrected chi connectivity index (χ2v) is 8.07. The molecule has 0 aromatic carbocycles. The van der Waals surface area contributed by atoms with Crippen molar-refractivity contribution in [3.8, 4) is 0 Å². The fraction of sp³-hybridized carbons (Fsp3) is 0.667. The van der Waals surface area contributed by atoms with E-state index in [0.29, 0.717) is 18.8 Å². The number of nitrogens with one attached hydrogen (secondary N) is 1. The highest BCUT2D eigenvalue weighted by molar-refractivity contribution is 5.68. The molecule has 1 aliphatic carbocycles. The van der Waals surface area contributed by atoms with Crippen molar-refractivity contribution in [1.29, 1.82) is 0 Å². The molecule has 8 heteroatoms. The van der Waals surface area contributed by atoms with E-state index in [2.05, 4.69) is 10.3 Å². The smallest absolute Gasteiger partial charge is 0.433 e. The van der Waals surface area contributed by atoms with Crippen LogP contribution in [0.15, 0.2) is 18.3 Å². The fourth-order valence-electron chi connectivity index (χ4n) is 3.88. The van der Waals surface area contributed by atoms with Crippen LogP contribution in [-0.4, -0.2) is 35.8 Å². The molecule has 3 atom stereocenters. The van der Waals surface area contributed by atoms with Gasteiger partial charge in [0.1, 0.15) is 11.3 Å². The van der Waals surface area contributed by atoms with Crippen LogP contribution in [0.5, 0.6) is 0 Å². The second kappa shape index (κ2) is 6.63. The predicted molar refractivity (Wildman–Crippen MR) is 90.8 cm³/mol. The van der Waals surface area contributed by atoms with Crippen molar-refractivity contribution in [3.63, 3.8) is 0 Å². The van der Waals surface area contributed by atoms with Gasteiger partial charge >= 0.3 is 12.3 Å². The normalized spacial score (nSPS) is 25.9. The van der Waals surface area contributed by atoms with Crippen LogP contribution < -0.4 is 10.2 Å². The van der Waals surface area contributed by atoms with E-state index >= 15 is 0 Å². The molecule has 2 fully saturated rings. The molecule has 1 amide bonds. The number of aromatic nitrogens is 1. The third-order valence-corrected chi connectivity index (χ3v) is 4.92. The van der Waals surface area contributed by atoms with Crippen LogP contribution in [0.2, 0.25) is 0 Å². The Balaban J connectivity index is 1.68. The van der Waals surface area contributed by atoms with Gasteiger partial charge in [-0.15, -0.1) is 0 Å². The van der Waals surface area contributed by atoms with Crippen LogP contribution >= 0.6 is 0 Å². The van der Waals surface area contributed by atoms with Gasteiger partial charge in [-0.1, -0.05) is 0 Å². The molecule has 2 aliphatic rings. The van der Waals surface area contributed by atoms with Crippen LogP contribution in [0.25, 0.3) is 0 Å². The van der Waals surface area contributed by atoms with E-state index in [1.54, 1.807) is 6.07 Å². The van der Waals surface area contributed by atoms with E-state index < -0.39 is 23.6 Å². The summed E-state index contributed by atoms with van der Waals surface area (Å²) in [5.41, 5.74) is -0.911. The van der Waals surface area contributed by atoms with Crippen LogP contribution in [0.4, 0.5) is 23.7 Å². The first-order valence-corrected chi connectivity index (χ1v) is 8.80. The minimum absolute atomic E-state index is 0.00465. The highest BCUT2D eigenvalue weighted by atomic mass is 19.4. The Morgan fingerprint density at radius 3 is 2.38 bits per heavy atom. The molecule has 1 aromatic heterocycles. The molecule has 144 valence electrons. The first kappa shape index (κ1) is 18.8. The number of rotatable bonds is 2. The number of fused-ring (bicyclic) bond motifs is 2. The summed E-state index contributed by atoms with van der Waals surface area (Å²) in [7, 11) is 0. The van der Waals surface area contributed by atoms with Gasteiger partial charge in [-0.2, -0.15) is 13.2 Å². The van der Waals surface area contributed by atoms with E-state index in [0.717, 1.165) is 18.9 Å². The van der Waals surface area contributed by atoms with Crippen LogP contribution in [-0.2, 0) is 10.9 Å². The first-order valence-electron chi connectivity index (χ1n) is 8.80. The number of carbonyl (C=O) groups excluding carboxylic acids is 1. The molecule has 1 saturated carbocycles. The number of carbonyl (C=O) groups is 1. The van der Waals surface area contributed by atoms with Gasteiger partial charge in [0.25, 0.3) is 0 Å². The third-order valence-electron chi connectivity index (χ3n) is 4.92. The minimum Gasteiger partial charge on any atom is -0.444 e. The lowest BCUT2D eigenvalue weighted by Gasteiger charge is -2.39. The van der Waals surface area contributed by atoms with Crippen LogP contribution in [0, 0.1) is 11.8 Å². The maximum atomic E-state index is 12.9. The number of anilines is 1. The zero-order valence-corrected chi connectivity index (χ0v) is 15.1. The van der Waals surface area contributed by atoms with Crippen molar-refractivity contribution in [1.82, 2.24) is 10.3 Å². The zero-order chi connectivity index (χ0) is 19.1. The Morgan fingerprint density at radius 2 is 1.85 bits per heavy atom. The van der Waals surface area contributed by atoms with Gasteiger partial charge in [-0.25, -0.2) is 4.79 Å². The standard InChI is InChI=1S/C18H24F3N3O2/c1-17(2,3)26-16(25)23-15-11-4-5-12(15)10-24(9-11)13-6-7-22-14(8-13)18(19,20)21/h6-8,11-12,15H,4-5,9-10H2,1-3H3,(H,23,25)/t11-,12+,15+. The zero-order valence-electron chi connectivity index (χ0n) is 15.1. The summed E-state index contributed by atoms with van der Waals surface area (Å²) in [4.78, 5) is 17.5. The molecule has 3 rings (SSSR count). The molecule has 1 N–H and O–H groups in total. The molecule has 0 spiro atoms. The minimum atomic E-state index is -4.45. The molecule has 2 heterocycles. The molecule has 1 saturated heterocycles. The monoisotopic (exact) mass is 371 g/mol. The van der Waals surface area contributed by atoms with E-state index in [1.807, 2.05) is 25.7 Å². The Morgan fingerprint density at radius 1 is 1.23 bits per heavy atom. The largest absolute Gasteiger partial charge is 0.444 e. The number of hydrogen-bond donors (Lipinski definition) is 1. The van der Waals surface area contributed by atoms with Gasteiger partial charge in [0.05, 0.1) is 0 Å². The first-order chi connectivity index (χ1) is 12.0. The van der Waals surface area contributed by atoms with Crippen molar-refractivity contribution in [3.05, 3.63) is 24.0 Å². The number of alkyl carbamates (subject to hydrolysis) is 1. The topological polar surface area (TPSA) is 54.5 Å². The number of amides is 1.